The SMILES string of the molecule is CCCCCCCCCCCCCC/C=C/CCCCCCCCCC(=O)OCC(COCCC(C(=O)[O-])[N+](C)(C)C)OC(=O)CCCCCCCCCCCCCCCCCCCCCCC. The molecule has 402 valence electrons. The Bertz CT molecular complexity index is 1120. The lowest BCUT2D eigenvalue weighted by Gasteiger charge is -2.34. The Hall–Kier alpha value is -1.93. The lowest BCUT2D eigenvalue weighted by atomic mass is 10.0. The quantitative estimate of drug-likeness (QED) is 0.0259. The fourth-order valence-electron chi connectivity index (χ4n) is 9.31. The largest absolute Gasteiger partial charge is 0.544 e. The van der Waals surface area contributed by atoms with Crippen molar-refractivity contribution in [1.82, 2.24) is 0 Å². The Morgan fingerprint density at radius 1 is 0.426 bits per heavy atom. The number of quaternary nitrogens is 1. The minimum Gasteiger partial charge on any atom is -0.544 e. The zero-order chi connectivity index (χ0) is 49.9. The van der Waals surface area contributed by atoms with E-state index >= 15 is 0 Å². The maximum Gasteiger partial charge on any atom is 0.306 e. The zero-order valence-corrected chi connectivity index (χ0v) is 46.1. The Labute approximate surface area is 422 Å². The van der Waals surface area contributed by atoms with Gasteiger partial charge in [0.2, 0.25) is 0 Å². The standard InChI is InChI=1S/C60H115NO7/c1-6-8-10-12-14-16-18-20-22-24-26-28-29-31-32-34-36-38-40-42-44-46-48-50-58(62)67-55-56(54-66-53-52-57(60(64)65)61(3,4)5)68-59(63)51-49-47-45-43-41-39-37-35-33-30-27-25-23-21-19-17-15-13-11-9-7-2/h31-32,56-57H,6-30,33-55H2,1-5H3/b32-31+. The number of nitrogens with zero attached hydrogens (tertiary/aromatic N) is 1. The number of carboxylic acids is 1. The van der Waals surface area contributed by atoms with Gasteiger partial charge in [0.05, 0.1) is 40.3 Å². The van der Waals surface area contributed by atoms with Gasteiger partial charge >= 0.3 is 11.9 Å². The van der Waals surface area contributed by atoms with Crippen LogP contribution in [0.15, 0.2) is 12.2 Å². The summed E-state index contributed by atoms with van der Waals surface area (Å²) in [6.07, 6.45) is 59.7. The third-order valence-corrected chi connectivity index (χ3v) is 13.9. The number of carboxylic acid groups (broad SMARTS) is 1. The van der Waals surface area contributed by atoms with Gasteiger partial charge in [0.1, 0.15) is 12.6 Å². The monoisotopic (exact) mass is 962 g/mol. The number of hydrogen-bond donors (Lipinski definition) is 0. The summed E-state index contributed by atoms with van der Waals surface area (Å²) in [6, 6.07) is -0.723. The van der Waals surface area contributed by atoms with Crippen LogP contribution >= 0.6 is 0 Å². The number of ether oxygens (including phenoxy) is 3. The third kappa shape index (κ3) is 49.1. The van der Waals surface area contributed by atoms with E-state index in [0.717, 1.165) is 38.5 Å². The fraction of sp³-hybridized carbons (Fsp3) is 0.917. The van der Waals surface area contributed by atoms with Gasteiger partial charge in [-0.15, -0.1) is 0 Å². The molecule has 0 fully saturated rings. The molecular formula is C60H115NO7. The number of allylic oxidation sites excluding steroid dienone is 2. The first-order valence-corrected chi connectivity index (χ1v) is 29.7. The molecule has 0 spiro atoms. The number of likely N-dealkylation sites (N-methyl/N-ethyl adjacent to an activating group) is 1. The molecule has 0 aromatic carbocycles. The number of rotatable bonds is 55. The molecule has 0 N–H and O–H groups in total. The van der Waals surface area contributed by atoms with Gasteiger partial charge in [-0.05, 0) is 38.5 Å². The van der Waals surface area contributed by atoms with Crippen LogP contribution in [0, 0.1) is 0 Å². The number of carbonyl (C=O) groups excluding carboxylic acids is 3. The summed E-state index contributed by atoms with van der Waals surface area (Å²) in [5, 5.41) is 11.7. The van der Waals surface area contributed by atoms with Crippen LogP contribution in [0.25, 0.3) is 0 Å². The molecule has 2 atom stereocenters. The van der Waals surface area contributed by atoms with E-state index < -0.39 is 18.1 Å². The lowest BCUT2D eigenvalue weighted by molar-refractivity contribution is -0.889. The minimum absolute atomic E-state index is 0.0461. The molecular weight excluding hydrogens is 847 g/mol. The highest BCUT2D eigenvalue weighted by molar-refractivity contribution is 5.70. The van der Waals surface area contributed by atoms with Crippen molar-refractivity contribution in [3.63, 3.8) is 0 Å². The molecule has 0 heterocycles. The van der Waals surface area contributed by atoms with E-state index in [1.807, 2.05) is 21.1 Å². The first-order valence-electron chi connectivity index (χ1n) is 29.7. The van der Waals surface area contributed by atoms with Crippen LogP contribution in [0.4, 0.5) is 0 Å². The summed E-state index contributed by atoms with van der Waals surface area (Å²) in [4.78, 5) is 37.2. The molecule has 0 aliphatic rings. The van der Waals surface area contributed by atoms with Crippen molar-refractivity contribution in [2.24, 2.45) is 0 Å². The van der Waals surface area contributed by atoms with Gasteiger partial charge in [0.25, 0.3) is 0 Å². The summed E-state index contributed by atoms with van der Waals surface area (Å²) in [6.45, 7) is 4.73. The molecule has 0 aromatic rings. The second-order valence-corrected chi connectivity index (χ2v) is 21.6. The first-order chi connectivity index (χ1) is 33.1. The van der Waals surface area contributed by atoms with Crippen molar-refractivity contribution >= 4 is 17.9 Å². The molecule has 8 heteroatoms. The average molecular weight is 963 g/mol. The number of unbranched alkanes of at least 4 members (excludes halogenated alkanes) is 39. The van der Waals surface area contributed by atoms with Gasteiger partial charge in [-0.3, -0.25) is 9.59 Å². The molecule has 0 bridgehead atoms. The smallest absolute Gasteiger partial charge is 0.306 e. The maximum atomic E-state index is 12.8. The highest BCUT2D eigenvalue weighted by atomic mass is 16.6. The highest BCUT2D eigenvalue weighted by Crippen LogP contribution is 2.18. The zero-order valence-electron chi connectivity index (χ0n) is 46.1. The number of carbonyl (C=O) groups is 3. The fourth-order valence-corrected chi connectivity index (χ4v) is 9.31. The topological polar surface area (TPSA) is 102 Å². The molecule has 0 saturated heterocycles. The predicted octanol–water partition coefficient (Wildman–Crippen LogP) is 16.4. The van der Waals surface area contributed by atoms with Gasteiger partial charge in [-0.1, -0.05) is 257 Å². The van der Waals surface area contributed by atoms with E-state index in [4.69, 9.17) is 14.2 Å². The van der Waals surface area contributed by atoms with Crippen LogP contribution in [-0.4, -0.2) is 75.5 Å². The van der Waals surface area contributed by atoms with E-state index in [9.17, 15) is 19.5 Å². The second kappa shape index (κ2) is 51.4. The molecule has 2 unspecified atom stereocenters. The van der Waals surface area contributed by atoms with E-state index in [-0.39, 0.29) is 42.7 Å². The van der Waals surface area contributed by atoms with Crippen molar-refractivity contribution in [2.75, 3.05) is 41.0 Å². The number of aliphatic carboxylic acids is 1. The average Bonchev–Trinajstić information content (AvgIpc) is 3.30. The molecule has 0 radical (unpaired) electrons. The molecule has 0 aliphatic carbocycles. The van der Waals surface area contributed by atoms with Crippen molar-refractivity contribution in [3.05, 3.63) is 12.2 Å². The van der Waals surface area contributed by atoms with Gasteiger partial charge in [0, 0.05) is 19.3 Å². The lowest BCUT2D eigenvalue weighted by Crippen LogP contribution is -2.55. The van der Waals surface area contributed by atoms with Crippen LogP contribution < -0.4 is 5.11 Å². The minimum atomic E-state index is -1.12. The Balaban J connectivity index is 4.11. The summed E-state index contributed by atoms with van der Waals surface area (Å²) < 4.78 is 17.3. The van der Waals surface area contributed by atoms with Crippen molar-refractivity contribution < 1.29 is 38.2 Å². The Kier molecular flexibility index (Phi) is 50.0. The molecule has 0 rings (SSSR count). The van der Waals surface area contributed by atoms with Gasteiger partial charge < -0.3 is 28.6 Å². The van der Waals surface area contributed by atoms with E-state index in [1.54, 1.807) is 0 Å². The van der Waals surface area contributed by atoms with Crippen molar-refractivity contribution in [3.8, 4) is 0 Å². The second-order valence-electron chi connectivity index (χ2n) is 21.6. The summed E-state index contributed by atoms with van der Waals surface area (Å²) >= 11 is 0. The summed E-state index contributed by atoms with van der Waals surface area (Å²) in [5.41, 5.74) is 0. The van der Waals surface area contributed by atoms with E-state index in [0.29, 0.717) is 12.8 Å². The Morgan fingerprint density at radius 3 is 1.06 bits per heavy atom. The molecule has 0 saturated carbocycles. The van der Waals surface area contributed by atoms with Crippen molar-refractivity contribution in [1.29, 1.82) is 0 Å². The van der Waals surface area contributed by atoms with Gasteiger partial charge in [0.15, 0.2) is 6.10 Å². The molecule has 8 nitrogen and oxygen atoms in total. The molecule has 0 amide bonds. The van der Waals surface area contributed by atoms with E-state index in [2.05, 4.69) is 26.0 Å². The molecule has 0 aromatic heterocycles. The van der Waals surface area contributed by atoms with E-state index in [1.165, 1.54) is 231 Å². The van der Waals surface area contributed by atoms with Crippen LogP contribution in [0.2, 0.25) is 0 Å². The molecule has 0 aliphatic heterocycles. The summed E-state index contributed by atoms with van der Waals surface area (Å²) in [7, 11) is 5.44. The van der Waals surface area contributed by atoms with Crippen molar-refractivity contribution in [2.45, 2.75) is 315 Å². The van der Waals surface area contributed by atoms with Gasteiger partial charge in [-0.25, -0.2) is 0 Å². The number of esters is 2. The number of hydrogen-bond acceptors (Lipinski definition) is 7. The third-order valence-electron chi connectivity index (χ3n) is 13.9. The predicted molar refractivity (Wildman–Crippen MR) is 287 cm³/mol. The van der Waals surface area contributed by atoms with Crippen LogP contribution in [-0.2, 0) is 28.6 Å². The first kappa shape index (κ1) is 66.1. The normalized spacial score (nSPS) is 12.8. The summed E-state index contributed by atoms with van der Waals surface area (Å²) in [5.74, 6) is -1.71. The maximum absolute atomic E-state index is 12.8. The Morgan fingerprint density at radius 2 is 0.735 bits per heavy atom. The van der Waals surface area contributed by atoms with Gasteiger partial charge in [-0.2, -0.15) is 0 Å². The molecule has 68 heavy (non-hydrogen) atoms. The van der Waals surface area contributed by atoms with Crippen LogP contribution in [0.3, 0.4) is 0 Å². The van der Waals surface area contributed by atoms with Crippen LogP contribution in [0.5, 0.6) is 0 Å². The highest BCUT2D eigenvalue weighted by Gasteiger charge is 2.25. The van der Waals surface area contributed by atoms with Crippen LogP contribution in [0.1, 0.15) is 303 Å².